The van der Waals surface area contributed by atoms with E-state index in [0.29, 0.717) is 29.2 Å². The zero-order valence-electron chi connectivity index (χ0n) is 19.6. The number of nitrogens with zero attached hydrogens (tertiary/aromatic N) is 1. The third-order valence-corrected chi connectivity index (χ3v) is 5.46. The van der Waals surface area contributed by atoms with Gasteiger partial charge in [0.1, 0.15) is 5.75 Å². The molecule has 2 N–H and O–H groups in total. The number of hydrogen-bond donors (Lipinski definition) is 2. The quantitative estimate of drug-likeness (QED) is 0.309. The molecule has 36 heavy (non-hydrogen) atoms. The Balaban J connectivity index is 1.34. The second kappa shape index (κ2) is 12.7. The number of carboxylic acids is 1. The number of ether oxygens (including phenoxy) is 1. The summed E-state index contributed by atoms with van der Waals surface area (Å²) in [4.78, 5) is 26.7. The van der Waals surface area contributed by atoms with Gasteiger partial charge < -0.3 is 15.2 Å². The van der Waals surface area contributed by atoms with Crippen LogP contribution in [0.1, 0.15) is 47.2 Å². The minimum atomic E-state index is -4.36. The molecule has 190 valence electrons. The van der Waals surface area contributed by atoms with Gasteiger partial charge in [-0.05, 0) is 67.6 Å². The maximum Gasteiger partial charge on any atom is 0.416 e. The molecule has 9 heteroatoms. The summed E-state index contributed by atoms with van der Waals surface area (Å²) >= 11 is 0. The Hall–Kier alpha value is -3.88. The smallest absolute Gasteiger partial charge is 0.416 e. The Morgan fingerprint density at radius 1 is 0.917 bits per heavy atom. The van der Waals surface area contributed by atoms with Crippen molar-refractivity contribution in [3.63, 3.8) is 0 Å². The molecule has 0 saturated carbocycles. The lowest BCUT2D eigenvalue weighted by Gasteiger charge is -2.09. The monoisotopic (exact) mass is 500 g/mol. The lowest BCUT2D eigenvalue weighted by Crippen LogP contribution is -2.25. The van der Waals surface area contributed by atoms with E-state index >= 15 is 0 Å². The van der Waals surface area contributed by atoms with E-state index in [0.717, 1.165) is 43.4 Å². The van der Waals surface area contributed by atoms with E-state index in [1.165, 1.54) is 12.1 Å². The van der Waals surface area contributed by atoms with E-state index < -0.39 is 17.7 Å². The fraction of sp³-hybridized carbons (Fsp3) is 0.296. The molecule has 0 saturated heterocycles. The Labute approximate surface area is 207 Å². The van der Waals surface area contributed by atoms with E-state index in [-0.39, 0.29) is 18.9 Å². The van der Waals surface area contributed by atoms with E-state index in [1.807, 2.05) is 12.1 Å². The van der Waals surface area contributed by atoms with Crippen LogP contribution in [0.3, 0.4) is 0 Å². The van der Waals surface area contributed by atoms with Crippen LogP contribution in [-0.2, 0) is 17.4 Å². The number of hydrogen-bond acceptors (Lipinski definition) is 4. The molecule has 0 unspecified atom stereocenters. The van der Waals surface area contributed by atoms with Crippen LogP contribution in [0.25, 0.3) is 11.3 Å². The van der Waals surface area contributed by atoms with Gasteiger partial charge in [0.15, 0.2) is 0 Å². The van der Waals surface area contributed by atoms with Gasteiger partial charge in [-0.3, -0.25) is 14.6 Å². The molecule has 0 radical (unpaired) electrons. The number of carbonyl (C=O) groups excluding carboxylic acids is 1. The van der Waals surface area contributed by atoms with Crippen LogP contribution in [0.5, 0.6) is 5.75 Å². The first-order valence-corrected chi connectivity index (χ1v) is 11.6. The number of pyridine rings is 1. The minimum Gasteiger partial charge on any atom is -0.492 e. The molecule has 0 bridgehead atoms. The number of carboxylic acid groups (broad SMARTS) is 1. The van der Waals surface area contributed by atoms with Crippen molar-refractivity contribution < 1.29 is 32.6 Å². The average molecular weight is 501 g/mol. The molecule has 0 aliphatic heterocycles. The highest BCUT2D eigenvalue weighted by molar-refractivity contribution is 5.94. The number of unbranched alkanes of at least 4 members (excludes halogenated alkanes) is 2. The van der Waals surface area contributed by atoms with E-state index in [4.69, 9.17) is 9.84 Å². The molecule has 0 aliphatic carbocycles. The number of benzene rings is 2. The number of rotatable bonds is 12. The van der Waals surface area contributed by atoms with Gasteiger partial charge in [-0.1, -0.05) is 24.3 Å². The molecular weight excluding hydrogens is 473 g/mol. The topological polar surface area (TPSA) is 88.5 Å². The SMILES string of the molecule is O=C(O)CCNC(=O)c1ccc(CCCCCOc2ccc(-c3ccc(C(F)(F)F)cc3)nc2)cc1. The molecule has 3 rings (SSSR count). The van der Waals surface area contributed by atoms with Crippen molar-refractivity contribution in [3.05, 3.63) is 83.6 Å². The number of nitrogens with one attached hydrogen (secondary N) is 1. The molecule has 6 nitrogen and oxygen atoms in total. The molecule has 1 aromatic heterocycles. The summed E-state index contributed by atoms with van der Waals surface area (Å²) in [7, 11) is 0. The van der Waals surface area contributed by atoms with Crippen molar-refractivity contribution in [1.29, 1.82) is 0 Å². The molecule has 1 amide bonds. The normalized spacial score (nSPS) is 11.2. The van der Waals surface area contributed by atoms with Crippen LogP contribution >= 0.6 is 0 Å². The lowest BCUT2D eigenvalue weighted by atomic mass is 10.0. The molecule has 0 spiro atoms. The van der Waals surface area contributed by atoms with Crippen molar-refractivity contribution in [3.8, 4) is 17.0 Å². The first kappa shape index (κ1) is 26.7. The lowest BCUT2D eigenvalue weighted by molar-refractivity contribution is -0.138. The van der Waals surface area contributed by atoms with Crippen molar-refractivity contribution >= 4 is 11.9 Å². The van der Waals surface area contributed by atoms with Crippen molar-refractivity contribution in [2.45, 2.75) is 38.3 Å². The van der Waals surface area contributed by atoms with Gasteiger partial charge in [0.05, 0.1) is 30.5 Å². The number of aryl methyl sites for hydroxylation is 1. The Bertz CT molecular complexity index is 1130. The van der Waals surface area contributed by atoms with Crippen LogP contribution < -0.4 is 10.1 Å². The maximum absolute atomic E-state index is 12.7. The van der Waals surface area contributed by atoms with Gasteiger partial charge in [0.25, 0.3) is 5.91 Å². The summed E-state index contributed by atoms with van der Waals surface area (Å²) in [6.07, 6.45) is 0.713. The third-order valence-electron chi connectivity index (χ3n) is 5.46. The molecule has 0 aliphatic rings. The summed E-state index contributed by atoms with van der Waals surface area (Å²) in [5, 5.41) is 11.2. The number of halogens is 3. The van der Waals surface area contributed by atoms with Crippen LogP contribution in [0.15, 0.2) is 66.9 Å². The fourth-order valence-corrected chi connectivity index (χ4v) is 3.47. The van der Waals surface area contributed by atoms with E-state index in [9.17, 15) is 22.8 Å². The number of alkyl halides is 3. The summed E-state index contributed by atoms with van der Waals surface area (Å²) < 4.78 is 43.8. The Morgan fingerprint density at radius 2 is 1.64 bits per heavy atom. The summed E-state index contributed by atoms with van der Waals surface area (Å²) in [5.41, 5.74) is 2.08. The van der Waals surface area contributed by atoms with Gasteiger partial charge >= 0.3 is 12.1 Å². The molecular formula is C27H27F3N2O4. The second-order valence-electron chi connectivity index (χ2n) is 8.21. The number of carbonyl (C=O) groups is 2. The average Bonchev–Trinajstić information content (AvgIpc) is 2.86. The summed E-state index contributed by atoms with van der Waals surface area (Å²) in [6.45, 7) is 0.619. The van der Waals surface area contributed by atoms with Crippen LogP contribution in [0.2, 0.25) is 0 Å². The molecule has 3 aromatic rings. The first-order chi connectivity index (χ1) is 17.2. The van der Waals surface area contributed by atoms with Gasteiger partial charge in [0.2, 0.25) is 0 Å². The second-order valence-corrected chi connectivity index (χ2v) is 8.21. The highest BCUT2D eigenvalue weighted by Gasteiger charge is 2.30. The zero-order valence-corrected chi connectivity index (χ0v) is 19.6. The van der Waals surface area contributed by atoms with Crippen molar-refractivity contribution in [2.75, 3.05) is 13.2 Å². The van der Waals surface area contributed by atoms with Gasteiger partial charge in [-0.25, -0.2) is 0 Å². The molecule has 0 atom stereocenters. The zero-order chi connectivity index (χ0) is 26.0. The predicted molar refractivity (Wildman–Crippen MR) is 129 cm³/mol. The third kappa shape index (κ3) is 8.41. The largest absolute Gasteiger partial charge is 0.492 e. The highest BCUT2D eigenvalue weighted by atomic mass is 19.4. The first-order valence-electron chi connectivity index (χ1n) is 11.6. The Kier molecular flexibility index (Phi) is 9.44. The molecule has 0 fully saturated rings. The maximum atomic E-state index is 12.7. The predicted octanol–water partition coefficient (Wildman–Crippen LogP) is 5.76. The van der Waals surface area contributed by atoms with Crippen molar-refractivity contribution in [1.82, 2.24) is 10.3 Å². The Morgan fingerprint density at radius 3 is 2.25 bits per heavy atom. The summed E-state index contributed by atoms with van der Waals surface area (Å²) in [6, 6.07) is 15.6. The molecule has 2 aromatic carbocycles. The number of aromatic nitrogens is 1. The van der Waals surface area contributed by atoms with Gasteiger partial charge in [-0.15, -0.1) is 0 Å². The highest BCUT2D eigenvalue weighted by Crippen LogP contribution is 2.30. The fourth-order valence-electron chi connectivity index (χ4n) is 3.47. The van der Waals surface area contributed by atoms with E-state index in [2.05, 4.69) is 10.3 Å². The standard InChI is InChI=1S/C27H27F3N2O4/c28-27(29,30)22-11-9-20(10-12-22)24-14-13-23(18-32-24)36-17-3-1-2-4-19-5-7-21(8-6-19)26(35)31-16-15-25(33)34/h5-14,18H,1-4,15-17H2,(H,31,35)(H,33,34). The number of amides is 1. The van der Waals surface area contributed by atoms with Gasteiger partial charge in [-0.2, -0.15) is 13.2 Å². The van der Waals surface area contributed by atoms with Crippen LogP contribution in [-0.4, -0.2) is 35.1 Å². The minimum absolute atomic E-state index is 0.0946. The van der Waals surface area contributed by atoms with E-state index in [1.54, 1.807) is 30.5 Å². The van der Waals surface area contributed by atoms with Crippen molar-refractivity contribution in [2.24, 2.45) is 0 Å². The van der Waals surface area contributed by atoms with Crippen LogP contribution in [0, 0.1) is 0 Å². The summed E-state index contributed by atoms with van der Waals surface area (Å²) in [5.74, 6) is -0.646. The van der Waals surface area contributed by atoms with Gasteiger partial charge in [0, 0.05) is 17.7 Å². The molecule has 1 heterocycles. The number of aliphatic carboxylic acids is 1. The van der Waals surface area contributed by atoms with Crippen LogP contribution in [0.4, 0.5) is 13.2 Å².